The molecule has 112 valence electrons. The van der Waals surface area contributed by atoms with E-state index in [9.17, 15) is 0 Å². The van der Waals surface area contributed by atoms with Crippen molar-refractivity contribution in [2.24, 2.45) is 5.92 Å². The van der Waals surface area contributed by atoms with E-state index in [1.165, 1.54) is 45.2 Å². The number of hydrogen-bond donors (Lipinski definition) is 1. The normalized spacial score (nSPS) is 33.6. The lowest BCUT2D eigenvalue weighted by atomic mass is 9.91. The first-order valence-electron chi connectivity index (χ1n) is 8.28. The molecule has 2 aliphatic rings. The summed E-state index contributed by atoms with van der Waals surface area (Å²) in [5, 5.41) is 3.76. The summed E-state index contributed by atoms with van der Waals surface area (Å²) < 4.78 is 5.50. The van der Waals surface area contributed by atoms with Crippen molar-refractivity contribution < 1.29 is 4.74 Å². The van der Waals surface area contributed by atoms with Gasteiger partial charge in [0.1, 0.15) is 0 Å². The molecular weight excluding hydrogens is 236 g/mol. The molecule has 3 nitrogen and oxygen atoms in total. The highest BCUT2D eigenvalue weighted by atomic mass is 16.5. The number of hydrogen-bond acceptors (Lipinski definition) is 3. The van der Waals surface area contributed by atoms with Crippen LogP contribution >= 0.6 is 0 Å². The Balaban J connectivity index is 1.89. The third kappa shape index (κ3) is 4.44. The molecule has 0 amide bonds. The maximum absolute atomic E-state index is 5.50. The smallest absolute Gasteiger partial charge is 0.0469 e. The summed E-state index contributed by atoms with van der Waals surface area (Å²) in [5.74, 6) is 0.844. The van der Waals surface area contributed by atoms with E-state index in [1.54, 1.807) is 0 Å². The molecule has 0 radical (unpaired) electrons. The molecule has 0 aromatic rings. The van der Waals surface area contributed by atoms with Crippen LogP contribution < -0.4 is 5.32 Å². The summed E-state index contributed by atoms with van der Waals surface area (Å²) in [6, 6.07) is 2.10. The Labute approximate surface area is 119 Å². The zero-order valence-corrected chi connectivity index (χ0v) is 13.0. The van der Waals surface area contributed by atoms with E-state index in [0.717, 1.165) is 25.2 Å². The molecule has 3 unspecified atom stereocenters. The van der Waals surface area contributed by atoms with Crippen LogP contribution in [0.4, 0.5) is 0 Å². The Kier molecular flexibility index (Phi) is 6.11. The Bertz CT molecular complexity index is 253. The van der Waals surface area contributed by atoms with Crippen LogP contribution in [0.2, 0.25) is 0 Å². The number of nitrogens with one attached hydrogen (secondary N) is 1. The maximum atomic E-state index is 5.50. The van der Waals surface area contributed by atoms with E-state index < -0.39 is 0 Å². The van der Waals surface area contributed by atoms with E-state index in [4.69, 9.17) is 4.74 Å². The molecule has 0 bridgehead atoms. The molecule has 2 saturated heterocycles. The largest absolute Gasteiger partial charge is 0.381 e. The van der Waals surface area contributed by atoms with Gasteiger partial charge in [-0.1, -0.05) is 6.92 Å². The molecule has 0 aromatic carbocycles. The van der Waals surface area contributed by atoms with Gasteiger partial charge in [0.2, 0.25) is 0 Å². The standard InChI is InChI=1S/C16H32N2O/c1-4-16-6-10-18(9-5-13(2)17-16)14(3)15-7-11-19-12-8-15/h13-17H,4-12H2,1-3H3. The van der Waals surface area contributed by atoms with Gasteiger partial charge in [0.05, 0.1) is 0 Å². The highest BCUT2D eigenvalue weighted by molar-refractivity contribution is 4.83. The first kappa shape index (κ1) is 15.3. The van der Waals surface area contributed by atoms with Crippen LogP contribution in [0.3, 0.4) is 0 Å². The van der Waals surface area contributed by atoms with Gasteiger partial charge in [-0.05, 0) is 65.0 Å². The van der Waals surface area contributed by atoms with Crippen LogP contribution in [-0.2, 0) is 4.74 Å². The molecule has 3 heteroatoms. The molecule has 2 aliphatic heterocycles. The van der Waals surface area contributed by atoms with Gasteiger partial charge in [-0.2, -0.15) is 0 Å². The van der Waals surface area contributed by atoms with E-state index in [-0.39, 0.29) is 0 Å². The monoisotopic (exact) mass is 268 g/mol. The average molecular weight is 268 g/mol. The Morgan fingerprint density at radius 3 is 2.53 bits per heavy atom. The lowest BCUT2D eigenvalue weighted by molar-refractivity contribution is 0.0263. The van der Waals surface area contributed by atoms with Crippen molar-refractivity contribution in [1.82, 2.24) is 10.2 Å². The van der Waals surface area contributed by atoms with Crippen LogP contribution in [0.15, 0.2) is 0 Å². The summed E-state index contributed by atoms with van der Waals surface area (Å²) in [5.41, 5.74) is 0. The fourth-order valence-corrected chi connectivity index (χ4v) is 3.59. The van der Waals surface area contributed by atoms with E-state index >= 15 is 0 Å². The predicted molar refractivity (Wildman–Crippen MR) is 80.5 cm³/mol. The minimum absolute atomic E-state index is 0.662. The molecule has 2 heterocycles. The van der Waals surface area contributed by atoms with Crippen LogP contribution in [0.25, 0.3) is 0 Å². The minimum atomic E-state index is 0.662. The van der Waals surface area contributed by atoms with Gasteiger partial charge in [0.25, 0.3) is 0 Å². The fourth-order valence-electron chi connectivity index (χ4n) is 3.59. The molecule has 0 saturated carbocycles. The van der Waals surface area contributed by atoms with E-state index in [2.05, 4.69) is 31.0 Å². The minimum Gasteiger partial charge on any atom is -0.381 e. The summed E-state index contributed by atoms with van der Waals surface area (Å²) in [4.78, 5) is 2.75. The van der Waals surface area contributed by atoms with Crippen LogP contribution in [0, 0.1) is 5.92 Å². The van der Waals surface area contributed by atoms with Gasteiger partial charge in [-0.15, -0.1) is 0 Å². The number of nitrogens with zero attached hydrogens (tertiary/aromatic N) is 1. The Hall–Kier alpha value is -0.120. The molecular formula is C16H32N2O. The van der Waals surface area contributed by atoms with Crippen LogP contribution in [-0.4, -0.2) is 49.3 Å². The average Bonchev–Trinajstić information content (AvgIpc) is 2.43. The first-order chi connectivity index (χ1) is 9.20. The van der Waals surface area contributed by atoms with Crippen molar-refractivity contribution in [2.45, 2.75) is 71.0 Å². The highest BCUT2D eigenvalue weighted by Gasteiger charge is 2.27. The van der Waals surface area contributed by atoms with Crippen molar-refractivity contribution >= 4 is 0 Å². The van der Waals surface area contributed by atoms with Gasteiger partial charge in [-0.3, -0.25) is 0 Å². The lowest BCUT2D eigenvalue weighted by Crippen LogP contribution is -2.48. The van der Waals surface area contributed by atoms with Gasteiger partial charge < -0.3 is 15.0 Å². The zero-order chi connectivity index (χ0) is 13.7. The van der Waals surface area contributed by atoms with E-state index in [0.29, 0.717) is 12.1 Å². The van der Waals surface area contributed by atoms with Crippen molar-refractivity contribution in [3.63, 3.8) is 0 Å². The predicted octanol–water partition coefficient (Wildman–Crippen LogP) is 2.65. The van der Waals surface area contributed by atoms with Crippen molar-refractivity contribution in [3.05, 3.63) is 0 Å². The van der Waals surface area contributed by atoms with Crippen LogP contribution in [0.1, 0.15) is 52.9 Å². The van der Waals surface area contributed by atoms with Gasteiger partial charge >= 0.3 is 0 Å². The molecule has 2 rings (SSSR count). The van der Waals surface area contributed by atoms with E-state index in [1.807, 2.05) is 0 Å². The number of ether oxygens (including phenoxy) is 1. The molecule has 2 fully saturated rings. The van der Waals surface area contributed by atoms with Gasteiger partial charge in [0.15, 0.2) is 0 Å². The SMILES string of the molecule is CCC1CCN(C(C)C2CCOCC2)CCC(C)N1. The fraction of sp³-hybridized carbons (Fsp3) is 1.00. The highest BCUT2D eigenvalue weighted by Crippen LogP contribution is 2.24. The second-order valence-electron chi connectivity index (χ2n) is 6.48. The third-order valence-corrected chi connectivity index (χ3v) is 5.15. The Morgan fingerprint density at radius 1 is 1.16 bits per heavy atom. The maximum Gasteiger partial charge on any atom is 0.0469 e. The summed E-state index contributed by atoms with van der Waals surface area (Å²) >= 11 is 0. The summed E-state index contributed by atoms with van der Waals surface area (Å²) in [6.07, 6.45) is 6.34. The summed E-state index contributed by atoms with van der Waals surface area (Å²) in [6.45, 7) is 11.5. The molecule has 0 aromatic heterocycles. The zero-order valence-electron chi connectivity index (χ0n) is 13.0. The van der Waals surface area contributed by atoms with Crippen molar-refractivity contribution in [3.8, 4) is 0 Å². The van der Waals surface area contributed by atoms with Crippen molar-refractivity contribution in [1.29, 1.82) is 0 Å². The molecule has 0 aliphatic carbocycles. The molecule has 19 heavy (non-hydrogen) atoms. The molecule has 3 atom stereocenters. The third-order valence-electron chi connectivity index (χ3n) is 5.15. The van der Waals surface area contributed by atoms with Crippen LogP contribution in [0.5, 0.6) is 0 Å². The second kappa shape index (κ2) is 7.61. The second-order valence-corrected chi connectivity index (χ2v) is 6.48. The Morgan fingerprint density at radius 2 is 1.84 bits per heavy atom. The van der Waals surface area contributed by atoms with Gasteiger partial charge in [-0.25, -0.2) is 0 Å². The van der Waals surface area contributed by atoms with Crippen molar-refractivity contribution in [2.75, 3.05) is 26.3 Å². The molecule has 1 N–H and O–H groups in total. The number of rotatable bonds is 3. The lowest BCUT2D eigenvalue weighted by Gasteiger charge is -2.39. The quantitative estimate of drug-likeness (QED) is 0.851. The molecule has 0 spiro atoms. The summed E-state index contributed by atoms with van der Waals surface area (Å²) in [7, 11) is 0. The topological polar surface area (TPSA) is 24.5 Å². The van der Waals surface area contributed by atoms with Gasteiger partial charge in [0, 0.05) is 31.3 Å². The first-order valence-corrected chi connectivity index (χ1v) is 8.28.